The Kier molecular flexibility index (Phi) is 8.24. The van der Waals surface area contributed by atoms with Crippen molar-refractivity contribution in [1.29, 1.82) is 0 Å². The molecule has 0 fully saturated rings. The normalized spacial score (nSPS) is 9.86. The van der Waals surface area contributed by atoms with Crippen LogP contribution in [0, 0.1) is 0 Å². The van der Waals surface area contributed by atoms with Crippen molar-refractivity contribution in [3.63, 3.8) is 0 Å². The van der Waals surface area contributed by atoms with E-state index in [1.165, 1.54) is 25.3 Å². The summed E-state index contributed by atoms with van der Waals surface area (Å²) in [6.45, 7) is 9.14. The predicted molar refractivity (Wildman–Crippen MR) is 59.7 cm³/mol. The SMILES string of the molecule is C=CC(=O)N(CC)NCCCCCC. The molecule has 0 aliphatic heterocycles. The molecule has 0 aromatic rings. The molecule has 0 aliphatic carbocycles. The van der Waals surface area contributed by atoms with Gasteiger partial charge < -0.3 is 0 Å². The van der Waals surface area contributed by atoms with Gasteiger partial charge in [0.15, 0.2) is 0 Å². The minimum absolute atomic E-state index is 0.0528. The van der Waals surface area contributed by atoms with Crippen LogP contribution in [0.25, 0.3) is 0 Å². The van der Waals surface area contributed by atoms with Gasteiger partial charge in [-0.2, -0.15) is 0 Å². The Labute approximate surface area is 87.1 Å². The van der Waals surface area contributed by atoms with Gasteiger partial charge in [-0.25, -0.2) is 5.43 Å². The van der Waals surface area contributed by atoms with E-state index in [4.69, 9.17) is 0 Å². The zero-order valence-corrected chi connectivity index (χ0v) is 9.38. The molecule has 0 rings (SSSR count). The summed E-state index contributed by atoms with van der Waals surface area (Å²) in [6.07, 6.45) is 6.19. The zero-order chi connectivity index (χ0) is 10.8. The Morgan fingerprint density at radius 1 is 1.36 bits per heavy atom. The van der Waals surface area contributed by atoms with E-state index < -0.39 is 0 Å². The van der Waals surface area contributed by atoms with Crippen LogP contribution in [0.2, 0.25) is 0 Å². The number of rotatable bonds is 8. The first-order valence-electron chi connectivity index (χ1n) is 5.43. The molecule has 14 heavy (non-hydrogen) atoms. The molecule has 0 aliphatic rings. The van der Waals surface area contributed by atoms with E-state index in [-0.39, 0.29) is 5.91 Å². The lowest BCUT2D eigenvalue weighted by atomic mass is 10.2. The Bertz CT molecular complexity index is 169. The summed E-state index contributed by atoms with van der Waals surface area (Å²) in [4.78, 5) is 11.2. The minimum Gasteiger partial charge on any atom is -0.275 e. The lowest BCUT2D eigenvalue weighted by Gasteiger charge is -2.19. The molecular formula is C11H22N2O. The Morgan fingerprint density at radius 3 is 2.57 bits per heavy atom. The van der Waals surface area contributed by atoms with Crippen LogP contribution in [-0.2, 0) is 4.79 Å². The number of nitrogens with one attached hydrogen (secondary N) is 1. The number of amides is 1. The molecule has 0 unspecified atom stereocenters. The molecule has 0 heterocycles. The molecule has 1 amide bonds. The molecule has 0 saturated carbocycles. The van der Waals surface area contributed by atoms with Gasteiger partial charge in [0.25, 0.3) is 5.91 Å². The standard InChI is InChI=1S/C11H22N2O/c1-4-7-8-9-10-12-13(6-3)11(14)5-2/h5,12H,2,4,6-10H2,1,3H3. The van der Waals surface area contributed by atoms with Crippen LogP contribution in [0.3, 0.4) is 0 Å². The molecule has 3 heteroatoms. The molecule has 82 valence electrons. The Balaban J connectivity index is 3.52. The maximum absolute atomic E-state index is 11.2. The summed E-state index contributed by atoms with van der Waals surface area (Å²) in [6, 6.07) is 0. The first-order chi connectivity index (χ1) is 6.76. The zero-order valence-electron chi connectivity index (χ0n) is 9.38. The van der Waals surface area contributed by atoms with Gasteiger partial charge in [0.2, 0.25) is 0 Å². The molecule has 0 spiro atoms. The maximum atomic E-state index is 11.2. The number of hydrazine groups is 1. The number of unbranched alkanes of at least 4 members (excludes halogenated alkanes) is 3. The summed E-state index contributed by atoms with van der Waals surface area (Å²) < 4.78 is 0. The highest BCUT2D eigenvalue weighted by Gasteiger charge is 2.05. The first kappa shape index (κ1) is 13.2. The molecule has 0 aromatic carbocycles. The van der Waals surface area contributed by atoms with E-state index in [0.29, 0.717) is 6.54 Å². The van der Waals surface area contributed by atoms with Crippen LogP contribution in [0.15, 0.2) is 12.7 Å². The number of likely N-dealkylation sites (N-methyl/N-ethyl adjacent to an activating group) is 1. The van der Waals surface area contributed by atoms with Crippen molar-refractivity contribution >= 4 is 5.91 Å². The van der Waals surface area contributed by atoms with Crippen LogP contribution in [0.4, 0.5) is 0 Å². The van der Waals surface area contributed by atoms with E-state index in [1.54, 1.807) is 5.01 Å². The fraction of sp³-hybridized carbons (Fsp3) is 0.727. The van der Waals surface area contributed by atoms with E-state index >= 15 is 0 Å². The lowest BCUT2D eigenvalue weighted by molar-refractivity contribution is -0.128. The van der Waals surface area contributed by atoms with Gasteiger partial charge in [-0.1, -0.05) is 32.8 Å². The van der Waals surface area contributed by atoms with Gasteiger partial charge in [0.1, 0.15) is 0 Å². The largest absolute Gasteiger partial charge is 0.275 e. The predicted octanol–water partition coefficient (Wildman–Crippen LogP) is 2.11. The number of hydrogen-bond acceptors (Lipinski definition) is 2. The van der Waals surface area contributed by atoms with Crippen LogP contribution in [0.1, 0.15) is 39.5 Å². The molecule has 0 aromatic heterocycles. The second kappa shape index (κ2) is 8.75. The number of carbonyl (C=O) groups is 1. The van der Waals surface area contributed by atoms with Crippen molar-refractivity contribution in [2.75, 3.05) is 13.1 Å². The van der Waals surface area contributed by atoms with E-state index in [1.807, 2.05) is 6.92 Å². The Morgan fingerprint density at radius 2 is 2.07 bits per heavy atom. The molecule has 3 nitrogen and oxygen atoms in total. The van der Waals surface area contributed by atoms with Crippen molar-refractivity contribution in [1.82, 2.24) is 10.4 Å². The summed E-state index contributed by atoms with van der Waals surface area (Å²) in [7, 11) is 0. The topological polar surface area (TPSA) is 32.3 Å². The second-order valence-electron chi connectivity index (χ2n) is 3.26. The third-order valence-corrected chi connectivity index (χ3v) is 2.09. The van der Waals surface area contributed by atoms with Gasteiger partial charge in [0, 0.05) is 13.1 Å². The summed E-state index contributed by atoms with van der Waals surface area (Å²) in [5.74, 6) is -0.0528. The highest BCUT2D eigenvalue weighted by Crippen LogP contribution is 1.97. The third kappa shape index (κ3) is 5.75. The third-order valence-electron chi connectivity index (χ3n) is 2.09. The van der Waals surface area contributed by atoms with Crippen molar-refractivity contribution < 1.29 is 4.79 Å². The van der Waals surface area contributed by atoms with Gasteiger partial charge in [0.05, 0.1) is 0 Å². The van der Waals surface area contributed by atoms with Crippen LogP contribution in [0.5, 0.6) is 0 Å². The number of nitrogens with zero attached hydrogens (tertiary/aromatic N) is 1. The van der Waals surface area contributed by atoms with Gasteiger partial charge >= 0.3 is 0 Å². The monoisotopic (exact) mass is 198 g/mol. The lowest BCUT2D eigenvalue weighted by Crippen LogP contribution is -2.42. The maximum Gasteiger partial charge on any atom is 0.260 e. The highest BCUT2D eigenvalue weighted by atomic mass is 16.2. The Hall–Kier alpha value is -0.830. The van der Waals surface area contributed by atoms with Crippen molar-refractivity contribution in [2.45, 2.75) is 39.5 Å². The van der Waals surface area contributed by atoms with Crippen molar-refractivity contribution in [3.8, 4) is 0 Å². The second-order valence-corrected chi connectivity index (χ2v) is 3.26. The van der Waals surface area contributed by atoms with Crippen molar-refractivity contribution in [2.24, 2.45) is 0 Å². The van der Waals surface area contributed by atoms with E-state index in [2.05, 4.69) is 18.9 Å². The summed E-state index contributed by atoms with van der Waals surface area (Å²) in [5, 5.41) is 1.60. The molecule has 0 atom stereocenters. The average Bonchev–Trinajstić information content (AvgIpc) is 2.22. The molecule has 0 saturated heterocycles. The van der Waals surface area contributed by atoms with Crippen molar-refractivity contribution in [3.05, 3.63) is 12.7 Å². The average molecular weight is 198 g/mol. The summed E-state index contributed by atoms with van der Waals surface area (Å²) >= 11 is 0. The number of carbonyl (C=O) groups excluding carboxylic acids is 1. The van der Waals surface area contributed by atoms with Gasteiger partial charge in [-0.05, 0) is 19.4 Å². The quantitative estimate of drug-likeness (QED) is 0.368. The van der Waals surface area contributed by atoms with E-state index in [9.17, 15) is 4.79 Å². The smallest absolute Gasteiger partial charge is 0.260 e. The molecule has 0 radical (unpaired) electrons. The van der Waals surface area contributed by atoms with Crippen LogP contribution < -0.4 is 5.43 Å². The minimum atomic E-state index is -0.0528. The highest BCUT2D eigenvalue weighted by molar-refractivity contribution is 5.86. The molecular weight excluding hydrogens is 176 g/mol. The number of hydrogen-bond donors (Lipinski definition) is 1. The molecule has 0 bridgehead atoms. The van der Waals surface area contributed by atoms with Gasteiger partial charge in [-0.3, -0.25) is 9.80 Å². The fourth-order valence-electron chi connectivity index (χ4n) is 1.22. The van der Waals surface area contributed by atoms with Gasteiger partial charge in [-0.15, -0.1) is 0 Å². The first-order valence-corrected chi connectivity index (χ1v) is 5.43. The van der Waals surface area contributed by atoms with E-state index in [0.717, 1.165) is 13.0 Å². The van der Waals surface area contributed by atoms with Crippen LogP contribution >= 0.6 is 0 Å². The fourth-order valence-corrected chi connectivity index (χ4v) is 1.22. The summed E-state index contributed by atoms with van der Waals surface area (Å²) in [5.41, 5.74) is 3.09. The van der Waals surface area contributed by atoms with Crippen LogP contribution in [-0.4, -0.2) is 24.0 Å². The molecule has 1 N–H and O–H groups in total.